The predicted molar refractivity (Wildman–Crippen MR) is 101 cm³/mol. The van der Waals surface area contributed by atoms with Crippen molar-refractivity contribution in [1.82, 2.24) is 9.88 Å². The molecule has 2 heterocycles. The van der Waals surface area contributed by atoms with Crippen molar-refractivity contribution in [3.05, 3.63) is 58.3 Å². The summed E-state index contributed by atoms with van der Waals surface area (Å²) in [4.78, 5) is 18.2. The summed E-state index contributed by atoms with van der Waals surface area (Å²) in [6.45, 7) is 0.782. The maximum absolute atomic E-state index is 12.4. The van der Waals surface area contributed by atoms with Crippen LogP contribution in [0.1, 0.15) is 12.1 Å². The van der Waals surface area contributed by atoms with E-state index in [1.165, 1.54) is 12.1 Å². The van der Waals surface area contributed by atoms with E-state index in [1.54, 1.807) is 23.2 Å². The first-order chi connectivity index (χ1) is 13.2. The van der Waals surface area contributed by atoms with E-state index in [9.17, 15) is 18.0 Å². The number of anilines is 1. The van der Waals surface area contributed by atoms with Crippen molar-refractivity contribution in [2.75, 3.05) is 18.4 Å². The summed E-state index contributed by atoms with van der Waals surface area (Å²) in [7, 11) is 0. The van der Waals surface area contributed by atoms with Crippen molar-refractivity contribution in [3.63, 3.8) is 0 Å². The Hall–Kier alpha value is -2.45. The lowest BCUT2D eigenvalue weighted by Crippen LogP contribution is -2.38. The molecule has 1 aliphatic rings. The smallest absolute Gasteiger partial charge is 0.404 e. The first kappa shape index (κ1) is 20.3. The zero-order valence-electron chi connectivity index (χ0n) is 14.3. The maximum atomic E-state index is 12.4. The number of urea groups is 1. The van der Waals surface area contributed by atoms with Gasteiger partial charge in [0.2, 0.25) is 0 Å². The second-order valence-corrected chi connectivity index (χ2v) is 6.70. The molecule has 0 saturated heterocycles. The third-order valence-corrected chi connectivity index (χ3v) is 4.57. The molecular formula is C18H14Cl2F3N3O2. The molecule has 148 valence electrons. The SMILES string of the molecule is O=C(Nc1ccc(OC(F)(F)F)c(Cl)c1)N1CC=C(c2ncccc2Cl)CC1. The highest BCUT2D eigenvalue weighted by Gasteiger charge is 2.32. The summed E-state index contributed by atoms with van der Waals surface area (Å²) in [5.41, 5.74) is 1.90. The monoisotopic (exact) mass is 431 g/mol. The summed E-state index contributed by atoms with van der Waals surface area (Å²) in [5.74, 6) is -0.537. The molecule has 2 amide bonds. The number of aromatic nitrogens is 1. The van der Waals surface area contributed by atoms with Gasteiger partial charge in [0.15, 0.2) is 0 Å². The van der Waals surface area contributed by atoms with Gasteiger partial charge in [-0.1, -0.05) is 29.3 Å². The van der Waals surface area contributed by atoms with Crippen LogP contribution in [0.4, 0.5) is 23.7 Å². The Morgan fingerprint density at radius 3 is 2.61 bits per heavy atom. The van der Waals surface area contributed by atoms with Gasteiger partial charge in [0.1, 0.15) is 5.75 Å². The number of halogens is 5. The molecule has 0 radical (unpaired) electrons. The largest absolute Gasteiger partial charge is 0.573 e. The fourth-order valence-electron chi connectivity index (χ4n) is 2.68. The topological polar surface area (TPSA) is 54.5 Å². The molecule has 1 aromatic heterocycles. The van der Waals surface area contributed by atoms with E-state index in [-0.39, 0.29) is 10.7 Å². The third kappa shape index (κ3) is 5.08. The second-order valence-electron chi connectivity index (χ2n) is 5.88. The minimum atomic E-state index is -4.84. The Morgan fingerprint density at radius 2 is 2.00 bits per heavy atom. The van der Waals surface area contributed by atoms with E-state index in [0.29, 0.717) is 30.2 Å². The molecule has 0 fully saturated rings. The van der Waals surface area contributed by atoms with Gasteiger partial charge in [-0.2, -0.15) is 0 Å². The Bertz CT molecular complexity index is 919. The quantitative estimate of drug-likeness (QED) is 0.686. The van der Waals surface area contributed by atoms with E-state index < -0.39 is 18.1 Å². The van der Waals surface area contributed by atoms with Gasteiger partial charge in [-0.3, -0.25) is 4.98 Å². The van der Waals surface area contributed by atoms with Crippen LogP contribution in [0.25, 0.3) is 5.57 Å². The summed E-state index contributed by atoms with van der Waals surface area (Å²) in [5, 5.41) is 2.88. The fourth-order valence-corrected chi connectivity index (χ4v) is 3.14. The van der Waals surface area contributed by atoms with Crippen molar-refractivity contribution in [1.29, 1.82) is 0 Å². The molecule has 3 rings (SSSR count). The van der Waals surface area contributed by atoms with Crippen LogP contribution in [0.3, 0.4) is 0 Å². The van der Waals surface area contributed by atoms with Gasteiger partial charge in [0, 0.05) is 25.0 Å². The summed E-state index contributed by atoms with van der Waals surface area (Å²) in [6.07, 6.45) is -0.756. The average molecular weight is 432 g/mol. The van der Waals surface area contributed by atoms with Gasteiger partial charge < -0.3 is 15.0 Å². The molecule has 0 aliphatic carbocycles. The molecule has 0 saturated carbocycles. The standard InChI is InChI=1S/C18H14Cl2F3N3O2/c19-13-2-1-7-24-16(13)11-5-8-26(9-6-11)17(27)25-12-3-4-15(14(20)10-12)28-18(21,22)23/h1-5,7,10H,6,8-9H2,(H,25,27). The Balaban J connectivity index is 1.63. The predicted octanol–water partition coefficient (Wildman–Crippen LogP) is 5.61. The zero-order chi connectivity index (χ0) is 20.3. The van der Waals surface area contributed by atoms with Gasteiger partial charge in [-0.25, -0.2) is 4.79 Å². The van der Waals surface area contributed by atoms with Crippen molar-refractivity contribution in [2.45, 2.75) is 12.8 Å². The van der Waals surface area contributed by atoms with Gasteiger partial charge >= 0.3 is 12.4 Å². The van der Waals surface area contributed by atoms with Gasteiger partial charge in [-0.15, -0.1) is 13.2 Å². The molecule has 10 heteroatoms. The van der Waals surface area contributed by atoms with Crippen LogP contribution in [0.15, 0.2) is 42.6 Å². The lowest BCUT2D eigenvalue weighted by molar-refractivity contribution is -0.274. The molecule has 0 bridgehead atoms. The zero-order valence-corrected chi connectivity index (χ0v) is 15.8. The first-order valence-electron chi connectivity index (χ1n) is 8.14. The number of nitrogens with zero attached hydrogens (tertiary/aromatic N) is 2. The van der Waals surface area contributed by atoms with E-state index in [2.05, 4.69) is 15.0 Å². The molecule has 1 aliphatic heterocycles. The number of alkyl halides is 3. The molecule has 0 unspecified atom stereocenters. The highest BCUT2D eigenvalue weighted by atomic mass is 35.5. The normalized spacial score (nSPS) is 14.5. The van der Waals surface area contributed by atoms with Crippen LogP contribution in [0.5, 0.6) is 5.75 Å². The number of nitrogens with one attached hydrogen (secondary N) is 1. The Kier molecular flexibility index (Phi) is 6.00. The molecule has 2 aromatic rings. The molecular weight excluding hydrogens is 418 g/mol. The second kappa shape index (κ2) is 8.28. The first-order valence-corrected chi connectivity index (χ1v) is 8.89. The molecule has 1 N–H and O–H groups in total. The van der Waals surface area contributed by atoms with E-state index in [1.807, 2.05) is 6.08 Å². The summed E-state index contributed by atoms with van der Waals surface area (Å²) < 4.78 is 40.6. The Morgan fingerprint density at radius 1 is 1.21 bits per heavy atom. The molecule has 1 aromatic carbocycles. The maximum Gasteiger partial charge on any atom is 0.573 e. The molecule has 0 spiro atoms. The van der Waals surface area contributed by atoms with Gasteiger partial charge in [0.05, 0.1) is 15.7 Å². The Labute approximate surface area is 168 Å². The third-order valence-electron chi connectivity index (χ3n) is 3.97. The van der Waals surface area contributed by atoms with Crippen molar-refractivity contribution in [2.24, 2.45) is 0 Å². The lowest BCUT2D eigenvalue weighted by Gasteiger charge is -2.26. The van der Waals surface area contributed by atoms with E-state index >= 15 is 0 Å². The van der Waals surface area contributed by atoms with Crippen LogP contribution in [-0.4, -0.2) is 35.4 Å². The number of amides is 2. The summed E-state index contributed by atoms with van der Waals surface area (Å²) in [6, 6.07) is 6.61. The molecule has 28 heavy (non-hydrogen) atoms. The fraction of sp³-hybridized carbons (Fsp3) is 0.222. The lowest BCUT2D eigenvalue weighted by atomic mass is 10.0. The number of ether oxygens (including phenoxy) is 1. The number of rotatable bonds is 3. The van der Waals surface area contributed by atoms with Crippen LogP contribution in [0, 0.1) is 0 Å². The van der Waals surface area contributed by atoms with E-state index in [4.69, 9.17) is 23.2 Å². The van der Waals surface area contributed by atoms with Gasteiger partial charge in [0.25, 0.3) is 0 Å². The number of carbonyl (C=O) groups excluding carboxylic acids is 1. The van der Waals surface area contributed by atoms with Crippen molar-refractivity contribution in [3.8, 4) is 5.75 Å². The van der Waals surface area contributed by atoms with Crippen LogP contribution < -0.4 is 10.1 Å². The van der Waals surface area contributed by atoms with E-state index in [0.717, 1.165) is 11.6 Å². The summed E-state index contributed by atoms with van der Waals surface area (Å²) >= 11 is 11.9. The minimum Gasteiger partial charge on any atom is -0.404 e. The minimum absolute atomic E-state index is 0.257. The average Bonchev–Trinajstić information content (AvgIpc) is 2.63. The van der Waals surface area contributed by atoms with Crippen molar-refractivity contribution < 1.29 is 22.7 Å². The van der Waals surface area contributed by atoms with Crippen LogP contribution in [-0.2, 0) is 0 Å². The number of carbonyl (C=O) groups is 1. The molecule has 5 nitrogen and oxygen atoms in total. The highest BCUT2D eigenvalue weighted by molar-refractivity contribution is 6.32. The van der Waals surface area contributed by atoms with Crippen LogP contribution in [0.2, 0.25) is 10.0 Å². The van der Waals surface area contributed by atoms with Crippen molar-refractivity contribution >= 4 is 40.5 Å². The highest BCUT2D eigenvalue weighted by Crippen LogP contribution is 2.32. The number of hydrogen-bond donors (Lipinski definition) is 1. The number of benzene rings is 1. The number of hydrogen-bond acceptors (Lipinski definition) is 3. The van der Waals surface area contributed by atoms with Gasteiger partial charge in [-0.05, 0) is 42.3 Å². The van der Waals surface area contributed by atoms with Crippen LogP contribution >= 0.6 is 23.2 Å². The molecule has 0 atom stereocenters. The number of pyridine rings is 1.